The minimum Gasteiger partial charge on any atom is -0.490 e. The van der Waals surface area contributed by atoms with Crippen LogP contribution in [0, 0.1) is 6.92 Å². The van der Waals surface area contributed by atoms with Gasteiger partial charge >= 0.3 is 0 Å². The van der Waals surface area contributed by atoms with Gasteiger partial charge in [0.15, 0.2) is 11.5 Å². The van der Waals surface area contributed by atoms with Crippen LogP contribution < -0.4 is 9.47 Å². The third-order valence-electron chi connectivity index (χ3n) is 5.71. The van der Waals surface area contributed by atoms with Gasteiger partial charge in [-0.3, -0.25) is 4.90 Å². The number of fused-ring (bicyclic) bond motifs is 1. The lowest BCUT2D eigenvalue weighted by atomic mass is 10.0. The molecule has 1 aromatic heterocycles. The van der Waals surface area contributed by atoms with Crippen molar-refractivity contribution < 1.29 is 14.0 Å². The topological polar surface area (TPSA) is 60.6 Å². The molecule has 1 atom stereocenters. The predicted octanol–water partition coefficient (Wildman–Crippen LogP) is 4.54. The summed E-state index contributed by atoms with van der Waals surface area (Å²) in [5.74, 6) is 3.01. The zero-order valence-corrected chi connectivity index (χ0v) is 16.6. The molecule has 2 aliphatic rings. The first-order valence-electron chi connectivity index (χ1n) is 10.3. The van der Waals surface area contributed by atoms with Crippen molar-refractivity contribution in [2.75, 3.05) is 19.8 Å². The largest absolute Gasteiger partial charge is 0.490 e. The standard InChI is InChI=1S/C23H25N3O3/c1-16-6-2-3-7-18(16)23-24-22(29-25-23)15-26-11-4-8-19(26)17-9-10-20-21(14-17)28-13-5-12-27-20/h2-3,6-7,9-10,14,19H,4-5,8,11-13,15H2,1H3/t19-/m1/s1. The number of rotatable bonds is 4. The molecule has 0 aliphatic carbocycles. The molecule has 150 valence electrons. The fraction of sp³-hybridized carbons (Fsp3) is 0.391. The number of ether oxygens (including phenoxy) is 2. The van der Waals surface area contributed by atoms with Crippen molar-refractivity contribution in [3.05, 3.63) is 59.5 Å². The highest BCUT2D eigenvalue weighted by atomic mass is 16.5. The minimum atomic E-state index is 0.320. The lowest BCUT2D eigenvalue weighted by Gasteiger charge is -2.23. The Bertz CT molecular complexity index is 1000. The van der Waals surface area contributed by atoms with E-state index in [0.717, 1.165) is 48.4 Å². The number of aryl methyl sites for hydroxylation is 1. The molecule has 6 nitrogen and oxygen atoms in total. The highest BCUT2D eigenvalue weighted by Gasteiger charge is 2.28. The zero-order valence-electron chi connectivity index (χ0n) is 16.6. The molecule has 2 aliphatic heterocycles. The third kappa shape index (κ3) is 3.72. The van der Waals surface area contributed by atoms with Crippen molar-refractivity contribution in [1.29, 1.82) is 0 Å². The molecule has 0 radical (unpaired) electrons. The molecule has 0 amide bonds. The Morgan fingerprint density at radius 1 is 1.03 bits per heavy atom. The fourth-order valence-electron chi connectivity index (χ4n) is 4.21. The average molecular weight is 391 g/mol. The van der Waals surface area contributed by atoms with E-state index in [1.54, 1.807) is 0 Å². The van der Waals surface area contributed by atoms with E-state index in [2.05, 4.69) is 40.2 Å². The van der Waals surface area contributed by atoms with E-state index < -0.39 is 0 Å². The Kier molecular flexibility index (Phi) is 4.94. The van der Waals surface area contributed by atoms with E-state index in [0.29, 0.717) is 37.5 Å². The summed E-state index contributed by atoms with van der Waals surface area (Å²) in [6.07, 6.45) is 3.18. The molecule has 0 spiro atoms. The van der Waals surface area contributed by atoms with E-state index in [1.165, 1.54) is 5.56 Å². The smallest absolute Gasteiger partial charge is 0.241 e. The highest BCUT2D eigenvalue weighted by Crippen LogP contribution is 2.38. The minimum absolute atomic E-state index is 0.320. The van der Waals surface area contributed by atoms with Gasteiger partial charge in [0.25, 0.3) is 0 Å². The van der Waals surface area contributed by atoms with Crippen LogP contribution in [0.2, 0.25) is 0 Å². The molecule has 29 heavy (non-hydrogen) atoms. The van der Waals surface area contributed by atoms with E-state index in [9.17, 15) is 0 Å². The van der Waals surface area contributed by atoms with Gasteiger partial charge in [-0.05, 0) is 49.6 Å². The Morgan fingerprint density at radius 2 is 1.90 bits per heavy atom. The van der Waals surface area contributed by atoms with Gasteiger partial charge in [-0.15, -0.1) is 0 Å². The quantitative estimate of drug-likeness (QED) is 0.651. The first-order valence-corrected chi connectivity index (χ1v) is 10.3. The summed E-state index contributed by atoms with van der Waals surface area (Å²) in [5.41, 5.74) is 3.42. The lowest BCUT2D eigenvalue weighted by molar-refractivity contribution is 0.212. The molecule has 2 aromatic carbocycles. The summed E-state index contributed by atoms with van der Waals surface area (Å²) in [6, 6.07) is 14.8. The van der Waals surface area contributed by atoms with Gasteiger partial charge in [0.05, 0.1) is 19.8 Å². The SMILES string of the molecule is Cc1ccccc1-c1noc(CN2CCC[C@@H]2c2ccc3c(c2)OCCCO3)n1. The van der Waals surface area contributed by atoms with Gasteiger partial charge in [-0.2, -0.15) is 4.98 Å². The molecule has 0 N–H and O–H groups in total. The normalized spacial score (nSPS) is 19.3. The Balaban J connectivity index is 1.34. The van der Waals surface area contributed by atoms with Crippen LogP contribution in [0.15, 0.2) is 47.0 Å². The summed E-state index contributed by atoms with van der Waals surface area (Å²) in [7, 11) is 0. The summed E-state index contributed by atoms with van der Waals surface area (Å²) in [4.78, 5) is 7.06. The first kappa shape index (κ1) is 18.2. The maximum absolute atomic E-state index is 5.88. The monoisotopic (exact) mass is 391 g/mol. The fourth-order valence-corrected chi connectivity index (χ4v) is 4.21. The molecule has 3 aromatic rings. The second kappa shape index (κ2) is 7.87. The average Bonchev–Trinajstić information content (AvgIpc) is 3.32. The second-order valence-corrected chi connectivity index (χ2v) is 7.71. The second-order valence-electron chi connectivity index (χ2n) is 7.71. The van der Waals surface area contributed by atoms with E-state index in [4.69, 9.17) is 14.0 Å². The van der Waals surface area contributed by atoms with Gasteiger partial charge in [-0.1, -0.05) is 35.5 Å². The lowest BCUT2D eigenvalue weighted by Crippen LogP contribution is -2.23. The van der Waals surface area contributed by atoms with Gasteiger partial charge in [0.1, 0.15) is 0 Å². The Hall–Kier alpha value is -2.86. The van der Waals surface area contributed by atoms with Crippen molar-refractivity contribution in [2.24, 2.45) is 0 Å². The molecule has 5 rings (SSSR count). The van der Waals surface area contributed by atoms with Crippen LogP contribution in [0.1, 0.15) is 42.3 Å². The van der Waals surface area contributed by atoms with Crippen LogP contribution in [0.25, 0.3) is 11.4 Å². The van der Waals surface area contributed by atoms with Gasteiger partial charge in [-0.25, -0.2) is 0 Å². The van der Waals surface area contributed by atoms with Gasteiger partial charge in [0.2, 0.25) is 11.7 Å². The Labute approximate surface area is 170 Å². The number of nitrogens with zero attached hydrogens (tertiary/aromatic N) is 3. The third-order valence-corrected chi connectivity index (χ3v) is 5.71. The molecule has 6 heteroatoms. The Morgan fingerprint density at radius 3 is 2.79 bits per heavy atom. The van der Waals surface area contributed by atoms with Crippen molar-refractivity contribution in [2.45, 2.75) is 38.8 Å². The van der Waals surface area contributed by atoms with Crippen LogP contribution in [-0.2, 0) is 6.54 Å². The summed E-state index contributed by atoms with van der Waals surface area (Å²) in [5, 5.41) is 4.21. The maximum atomic E-state index is 5.88. The van der Waals surface area contributed by atoms with Crippen LogP contribution in [0.5, 0.6) is 11.5 Å². The molecule has 3 heterocycles. The molecular weight excluding hydrogens is 366 g/mol. The van der Waals surface area contributed by atoms with Crippen LogP contribution in [0.4, 0.5) is 0 Å². The van der Waals surface area contributed by atoms with Crippen LogP contribution in [0.3, 0.4) is 0 Å². The van der Waals surface area contributed by atoms with Crippen molar-refractivity contribution in [3.8, 4) is 22.9 Å². The van der Waals surface area contributed by atoms with Crippen molar-refractivity contribution in [1.82, 2.24) is 15.0 Å². The van der Waals surface area contributed by atoms with Crippen LogP contribution >= 0.6 is 0 Å². The number of benzene rings is 2. The zero-order chi connectivity index (χ0) is 19.6. The summed E-state index contributed by atoms with van der Waals surface area (Å²) < 4.78 is 17.2. The summed E-state index contributed by atoms with van der Waals surface area (Å²) in [6.45, 7) is 5.14. The summed E-state index contributed by atoms with van der Waals surface area (Å²) >= 11 is 0. The number of likely N-dealkylation sites (tertiary alicyclic amines) is 1. The van der Waals surface area contributed by atoms with E-state index in [1.807, 2.05) is 24.3 Å². The number of hydrogen-bond donors (Lipinski definition) is 0. The molecular formula is C23H25N3O3. The van der Waals surface area contributed by atoms with Gasteiger partial charge < -0.3 is 14.0 Å². The molecule has 0 unspecified atom stereocenters. The molecule has 1 saturated heterocycles. The number of hydrogen-bond acceptors (Lipinski definition) is 6. The molecule has 0 saturated carbocycles. The van der Waals surface area contributed by atoms with E-state index in [-0.39, 0.29) is 0 Å². The van der Waals surface area contributed by atoms with Gasteiger partial charge in [0, 0.05) is 18.0 Å². The van der Waals surface area contributed by atoms with Crippen LogP contribution in [-0.4, -0.2) is 34.8 Å². The maximum Gasteiger partial charge on any atom is 0.241 e. The molecule has 1 fully saturated rings. The predicted molar refractivity (Wildman–Crippen MR) is 109 cm³/mol. The molecule has 0 bridgehead atoms. The number of aromatic nitrogens is 2. The van der Waals surface area contributed by atoms with E-state index >= 15 is 0 Å². The first-order chi connectivity index (χ1) is 14.3. The van der Waals surface area contributed by atoms with Crippen molar-refractivity contribution >= 4 is 0 Å². The highest BCUT2D eigenvalue weighted by molar-refractivity contribution is 5.58. The van der Waals surface area contributed by atoms with Crippen molar-refractivity contribution in [3.63, 3.8) is 0 Å².